The van der Waals surface area contributed by atoms with Gasteiger partial charge in [-0.2, -0.15) is 4.98 Å². The van der Waals surface area contributed by atoms with Crippen molar-refractivity contribution in [3.63, 3.8) is 0 Å². The molecule has 0 radical (unpaired) electrons. The second-order valence-corrected chi connectivity index (χ2v) is 6.48. The van der Waals surface area contributed by atoms with Crippen LogP contribution in [-0.2, 0) is 4.79 Å². The first-order valence-electron chi connectivity index (χ1n) is 7.52. The molecule has 7 heteroatoms. The summed E-state index contributed by atoms with van der Waals surface area (Å²) in [5.74, 6) is 1.56. The fourth-order valence-electron chi connectivity index (χ4n) is 2.82. The summed E-state index contributed by atoms with van der Waals surface area (Å²) in [7, 11) is 1.70. The first-order chi connectivity index (χ1) is 10.7. The van der Waals surface area contributed by atoms with E-state index in [-0.39, 0.29) is 17.9 Å². The molecule has 2 aromatic heterocycles. The largest absolute Gasteiger partial charge is 0.359 e. The minimum atomic E-state index is 0.0758. The van der Waals surface area contributed by atoms with Crippen molar-refractivity contribution in [2.45, 2.75) is 25.8 Å². The number of hydrogen-bond acceptors (Lipinski definition) is 6. The van der Waals surface area contributed by atoms with Crippen molar-refractivity contribution in [3.05, 3.63) is 23.4 Å². The number of aromatic nitrogens is 2. The van der Waals surface area contributed by atoms with Crippen LogP contribution in [0.1, 0.15) is 31.7 Å². The average Bonchev–Trinajstić information content (AvgIpc) is 3.24. The molecule has 118 valence electrons. The van der Waals surface area contributed by atoms with Gasteiger partial charge in [-0.1, -0.05) is 11.2 Å². The van der Waals surface area contributed by atoms with Gasteiger partial charge in [0, 0.05) is 13.0 Å². The van der Waals surface area contributed by atoms with E-state index >= 15 is 0 Å². The fourth-order valence-corrected chi connectivity index (χ4v) is 3.47. The third-order valence-electron chi connectivity index (χ3n) is 4.24. The molecule has 1 N–H and O–H groups in total. The van der Waals surface area contributed by atoms with Gasteiger partial charge >= 0.3 is 0 Å². The van der Waals surface area contributed by atoms with Crippen molar-refractivity contribution in [1.82, 2.24) is 20.4 Å². The molecular formula is C15H20N4O2S. The van der Waals surface area contributed by atoms with E-state index in [4.69, 9.17) is 4.52 Å². The number of likely N-dealkylation sites (tertiary alicyclic amines) is 1. The van der Waals surface area contributed by atoms with E-state index in [1.807, 2.05) is 17.5 Å². The van der Waals surface area contributed by atoms with Crippen LogP contribution >= 0.6 is 11.3 Å². The topological polar surface area (TPSA) is 71.3 Å². The van der Waals surface area contributed by atoms with Crippen molar-refractivity contribution in [3.8, 4) is 10.7 Å². The van der Waals surface area contributed by atoms with E-state index in [2.05, 4.69) is 27.3 Å². The monoisotopic (exact) mass is 320 g/mol. The Bertz CT molecular complexity index is 617. The molecule has 1 saturated heterocycles. The number of carbonyl (C=O) groups excluding carboxylic acids is 1. The third-order valence-corrected chi connectivity index (χ3v) is 5.10. The molecule has 2 aromatic rings. The molecule has 1 amide bonds. The van der Waals surface area contributed by atoms with Crippen LogP contribution in [0.5, 0.6) is 0 Å². The molecule has 1 aliphatic rings. The van der Waals surface area contributed by atoms with Crippen molar-refractivity contribution >= 4 is 17.2 Å². The molecule has 0 aliphatic carbocycles. The van der Waals surface area contributed by atoms with Crippen LogP contribution in [0.2, 0.25) is 0 Å². The Balaban J connectivity index is 1.63. The summed E-state index contributed by atoms with van der Waals surface area (Å²) in [5, 5.41) is 8.80. The summed E-state index contributed by atoms with van der Waals surface area (Å²) in [4.78, 5) is 19.5. The summed E-state index contributed by atoms with van der Waals surface area (Å²) in [5.41, 5.74) is 0. The highest BCUT2D eigenvalue weighted by Gasteiger charge is 2.29. The van der Waals surface area contributed by atoms with Crippen LogP contribution in [0.4, 0.5) is 0 Å². The normalized spacial score (nSPS) is 18.3. The number of carbonyl (C=O) groups is 1. The van der Waals surface area contributed by atoms with E-state index in [0.717, 1.165) is 30.8 Å². The fraction of sp³-hybridized carbons (Fsp3) is 0.533. The summed E-state index contributed by atoms with van der Waals surface area (Å²) in [6.07, 6.45) is 1.74. The van der Waals surface area contributed by atoms with Gasteiger partial charge in [-0.25, -0.2) is 0 Å². The zero-order chi connectivity index (χ0) is 15.5. The second-order valence-electron chi connectivity index (χ2n) is 5.53. The molecule has 1 fully saturated rings. The summed E-state index contributed by atoms with van der Waals surface area (Å²) < 4.78 is 5.42. The Morgan fingerprint density at radius 3 is 2.91 bits per heavy atom. The van der Waals surface area contributed by atoms with Crippen molar-refractivity contribution in [2.24, 2.45) is 5.92 Å². The number of nitrogens with zero attached hydrogens (tertiary/aromatic N) is 3. The molecule has 0 saturated carbocycles. The number of thiophene rings is 1. The highest BCUT2D eigenvalue weighted by atomic mass is 32.1. The number of amides is 1. The summed E-state index contributed by atoms with van der Waals surface area (Å²) in [6, 6.07) is 4.04. The molecule has 3 rings (SSSR count). The number of hydrogen-bond donors (Lipinski definition) is 1. The third kappa shape index (κ3) is 3.05. The molecule has 1 unspecified atom stereocenters. The van der Waals surface area contributed by atoms with Gasteiger partial charge < -0.3 is 9.84 Å². The van der Waals surface area contributed by atoms with Gasteiger partial charge in [-0.3, -0.25) is 9.69 Å². The highest BCUT2D eigenvalue weighted by Crippen LogP contribution is 2.28. The van der Waals surface area contributed by atoms with Gasteiger partial charge in [0.2, 0.25) is 17.6 Å². The lowest BCUT2D eigenvalue weighted by molar-refractivity contribution is -0.126. The molecular weight excluding hydrogens is 300 g/mol. The lowest BCUT2D eigenvalue weighted by Gasteiger charge is -2.33. The first-order valence-corrected chi connectivity index (χ1v) is 8.40. The average molecular weight is 320 g/mol. The molecule has 1 atom stereocenters. The van der Waals surface area contributed by atoms with Gasteiger partial charge in [0.05, 0.1) is 10.9 Å². The molecule has 0 bridgehead atoms. The van der Waals surface area contributed by atoms with E-state index in [9.17, 15) is 4.79 Å². The van der Waals surface area contributed by atoms with Crippen molar-refractivity contribution in [1.29, 1.82) is 0 Å². The maximum atomic E-state index is 11.7. The molecule has 3 heterocycles. The van der Waals surface area contributed by atoms with Crippen LogP contribution in [0.25, 0.3) is 10.7 Å². The standard InChI is InChI=1S/C15H20N4O2S/c1-10(19-7-5-11(6-8-19)14(20)16-2)15-17-13(18-21-15)12-4-3-9-22-12/h3-4,9-11H,5-8H2,1-2H3,(H,16,20). The lowest BCUT2D eigenvalue weighted by atomic mass is 9.95. The lowest BCUT2D eigenvalue weighted by Crippen LogP contribution is -2.40. The smallest absolute Gasteiger partial charge is 0.244 e. The van der Waals surface area contributed by atoms with Gasteiger partial charge in [0.1, 0.15) is 0 Å². The summed E-state index contributed by atoms with van der Waals surface area (Å²) in [6.45, 7) is 3.82. The summed E-state index contributed by atoms with van der Waals surface area (Å²) >= 11 is 1.60. The van der Waals surface area contributed by atoms with E-state index in [0.29, 0.717) is 11.7 Å². The van der Waals surface area contributed by atoms with E-state index < -0.39 is 0 Å². The number of piperidine rings is 1. The Labute approximate surface area is 133 Å². The number of nitrogens with one attached hydrogen (secondary N) is 1. The Morgan fingerprint density at radius 1 is 1.50 bits per heavy atom. The predicted molar refractivity (Wildman–Crippen MR) is 84.4 cm³/mol. The SMILES string of the molecule is CNC(=O)C1CCN(C(C)c2nc(-c3cccs3)no2)CC1. The number of rotatable bonds is 4. The minimum absolute atomic E-state index is 0.0758. The first kappa shape index (κ1) is 15.2. The van der Waals surface area contributed by atoms with Crippen LogP contribution in [0.3, 0.4) is 0 Å². The zero-order valence-corrected chi connectivity index (χ0v) is 13.6. The molecule has 0 aromatic carbocycles. The zero-order valence-electron chi connectivity index (χ0n) is 12.8. The van der Waals surface area contributed by atoms with Gasteiger partial charge in [-0.05, 0) is 44.3 Å². The highest BCUT2D eigenvalue weighted by molar-refractivity contribution is 7.13. The second kappa shape index (κ2) is 6.58. The molecule has 6 nitrogen and oxygen atoms in total. The van der Waals surface area contributed by atoms with Crippen LogP contribution in [-0.4, -0.2) is 41.1 Å². The molecule has 1 aliphatic heterocycles. The van der Waals surface area contributed by atoms with Crippen LogP contribution in [0.15, 0.2) is 22.0 Å². The minimum Gasteiger partial charge on any atom is -0.359 e. The van der Waals surface area contributed by atoms with Crippen LogP contribution in [0, 0.1) is 5.92 Å². The maximum Gasteiger partial charge on any atom is 0.244 e. The molecule has 22 heavy (non-hydrogen) atoms. The van der Waals surface area contributed by atoms with Crippen LogP contribution < -0.4 is 5.32 Å². The van der Waals surface area contributed by atoms with Crippen molar-refractivity contribution in [2.75, 3.05) is 20.1 Å². The predicted octanol–water partition coefficient (Wildman–Crippen LogP) is 2.32. The van der Waals surface area contributed by atoms with E-state index in [1.54, 1.807) is 18.4 Å². The Morgan fingerprint density at radius 2 is 2.27 bits per heavy atom. The maximum absolute atomic E-state index is 11.7. The Hall–Kier alpha value is -1.73. The quantitative estimate of drug-likeness (QED) is 0.936. The van der Waals surface area contributed by atoms with Gasteiger partial charge in [-0.15, -0.1) is 11.3 Å². The van der Waals surface area contributed by atoms with Crippen molar-refractivity contribution < 1.29 is 9.32 Å². The van der Waals surface area contributed by atoms with Gasteiger partial charge in [0.15, 0.2) is 0 Å². The molecule has 0 spiro atoms. The Kier molecular flexibility index (Phi) is 4.54. The van der Waals surface area contributed by atoms with E-state index in [1.165, 1.54) is 0 Å². The van der Waals surface area contributed by atoms with Gasteiger partial charge in [0.25, 0.3) is 0 Å².